The number of nitrogens with one attached hydrogen (secondary N) is 2. The topological polar surface area (TPSA) is 97.3 Å². The number of para-hydroxylation sites is 1. The van der Waals surface area contributed by atoms with Crippen molar-refractivity contribution >= 4 is 32.7 Å². The van der Waals surface area contributed by atoms with Crippen molar-refractivity contribution in [1.29, 1.82) is 0 Å². The first-order valence-electron chi connectivity index (χ1n) is 13.0. The zero-order valence-corrected chi connectivity index (χ0v) is 22.9. The number of fused-ring (bicyclic) bond motifs is 1. The largest absolute Gasteiger partial charge is 0.416 e. The van der Waals surface area contributed by atoms with Gasteiger partial charge in [0.25, 0.3) is 15.9 Å². The fourth-order valence-corrected chi connectivity index (χ4v) is 6.45. The Bertz CT molecular complexity index is 1690. The fourth-order valence-electron chi connectivity index (χ4n) is 5.44. The molecular formula is C30H28F3N3O4S. The van der Waals surface area contributed by atoms with E-state index in [1.165, 1.54) is 24.3 Å². The summed E-state index contributed by atoms with van der Waals surface area (Å²) in [5.41, 5.74) is 0.565. The van der Waals surface area contributed by atoms with Crippen LogP contribution in [0.2, 0.25) is 0 Å². The van der Waals surface area contributed by atoms with Crippen molar-refractivity contribution in [2.24, 2.45) is 5.41 Å². The van der Waals surface area contributed by atoms with Crippen molar-refractivity contribution in [3.63, 3.8) is 0 Å². The summed E-state index contributed by atoms with van der Waals surface area (Å²) >= 11 is 0. The lowest BCUT2D eigenvalue weighted by Crippen LogP contribution is -2.51. The van der Waals surface area contributed by atoms with E-state index in [2.05, 4.69) is 10.0 Å². The Morgan fingerprint density at radius 2 is 1.63 bits per heavy atom. The number of amides is 2. The molecule has 0 spiro atoms. The lowest BCUT2D eigenvalue weighted by atomic mass is 9.65. The molecule has 0 radical (unpaired) electrons. The highest BCUT2D eigenvalue weighted by atomic mass is 32.2. The molecule has 1 aliphatic carbocycles. The van der Waals surface area contributed by atoms with Crippen LogP contribution in [0, 0.1) is 5.41 Å². The first-order valence-corrected chi connectivity index (χ1v) is 14.5. The molecule has 7 nitrogen and oxygen atoms in total. The van der Waals surface area contributed by atoms with Crippen molar-refractivity contribution in [3.8, 4) is 0 Å². The van der Waals surface area contributed by atoms with Gasteiger partial charge in [0.1, 0.15) is 0 Å². The van der Waals surface area contributed by atoms with Gasteiger partial charge in [0.2, 0.25) is 5.91 Å². The quantitative estimate of drug-likeness (QED) is 0.286. The van der Waals surface area contributed by atoms with E-state index < -0.39 is 33.1 Å². The molecule has 1 saturated carbocycles. The lowest BCUT2D eigenvalue weighted by Gasteiger charge is -2.45. The van der Waals surface area contributed by atoms with Crippen molar-refractivity contribution in [1.82, 2.24) is 14.6 Å². The summed E-state index contributed by atoms with van der Waals surface area (Å²) in [4.78, 5) is 25.8. The minimum Gasteiger partial charge on any atom is -0.349 e. The Morgan fingerprint density at radius 3 is 2.29 bits per heavy atom. The van der Waals surface area contributed by atoms with E-state index >= 15 is 0 Å². The van der Waals surface area contributed by atoms with Crippen molar-refractivity contribution in [2.75, 3.05) is 0 Å². The van der Waals surface area contributed by atoms with E-state index in [9.17, 15) is 31.2 Å². The second-order valence-electron chi connectivity index (χ2n) is 10.8. The number of carbonyl (C=O) groups excluding carboxylic acids is 2. The number of hydrogen-bond donors (Lipinski definition) is 2. The number of hydrogen-bond acceptors (Lipinski definition) is 4. The third-order valence-corrected chi connectivity index (χ3v) is 8.76. The average Bonchev–Trinajstić information content (AvgIpc) is 3.30. The zero-order valence-electron chi connectivity index (χ0n) is 22.1. The second-order valence-corrected chi connectivity index (χ2v) is 12.5. The molecule has 41 heavy (non-hydrogen) atoms. The minimum atomic E-state index is -4.41. The molecule has 1 aliphatic rings. The molecule has 11 heteroatoms. The van der Waals surface area contributed by atoms with E-state index in [4.69, 9.17) is 0 Å². The van der Waals surface area contributed by atoms with E-state index in [0.717, 1.165) is 17.5 Å². The van der Waals surface area contributed by atoms with E-state index in [1.54, 1.807) is 36.5 Å². The average molecular weight is 584 g/mol. The number of halogens is 3. The van der Waals surface area contributed by atoms with Gasteiger partial charge in [0.15, 0.2) is 0 Å². The summed E-state index contributed by atoms with van der Waals surface area (Å²) in [5, 5.41) is 3.82. The molecule has 0 unspecified atom stereocenters. The molecule has 2 N–H and O–H groups in total. The predicted molar refractivity (Wildman–Crippen MR) is 147 cm³/mol. The Kier molecular flexibility index (Phi) is 7.41. The van der Waals surface area contributed by atoms with E-state index in [-0.39, 0.29) is 29.8 Å². The highest BCUT2D eigenvalue weighted by Gasteiger charge is 2.43. The Hall–Kier alpha value is -4.12. The summed E-state index contributed by atoms with van der Waals surface area (Å²) in [6.07, 6.45) is -1.62. The van der Waals surface area contributed by atoms with Gasteiger partial charge in [-0.05, 0) is 60.2 Å². The highest BCUT2D eigenvalue weighted by molar-refractivity contribution is 7.90. The van der Waals surface area contributed by atoms with Gasteiger partial charge in [-0.25, -0.2) is 13.1 Å². The van der Waals surface area contributed by atoms with Crippen LogP contribution in [0.3, 0.4) is 0 Å². The zero-order chi connectivity index (χ0) is 29.4. The smallest absolute Gasteiger partial charge is 0.349 e. The molecule has 3 aromatic carbocycles. The number of aromatic nitrogens is 1. The monoisotopic (exact) mass is 583 g/mol. The van der Waals surface area contributed by atoms with Crippen molar-refractivity contribution in [3.05, 3.63) is 102 Å². The maximum Gasteiger partial charge on any atom is 0.416 e. The summed E-state index contributed by atoms with van der Waals surface area (Å²) < 4.78 is 67.6. The molecule has 2 amide bonds. The summed E-state index contributed by atoms with van der Waals surface area (Å²) in [7, 11) is -3.96. The number of alkyl halides is 3. The molecular weight excluding hydrogens is 555 g/mol. The number of benzene rings is 3. The van der Waals surface area contributed by atoms with E-state index in [0.29, 0.717) is 29.5 Å². The van der Waals surface area contributed by atoms with Gasteiger partial charge in [0.05, 0.1) is 21.5 Å². The third kappa shape index (κ3) is 6.30. The van der Waals surface area contributed by atoms with Gasteiger partial charge in [-0.15, -0.1) is 0 Å². The van der Waals surface area contributed by atoms with Crippen LogP contribution in [0.15, 0.2) is 90.0 Å². The van der Waals surface area contributed by atoms with Crippen LogP contribution in [-0.2, 0) is 27.5 Å². The van der Waals surface area contributed by atoms with Crippen LogP contribution in [0.25, 0.3) is 10.9 Å². The number of carbonyl (C=O) groups is 2. The number of nitrogens with zero attached hydrogens (tertiary/aromatic N) is 1. The maximum absolute atomic E-state index is 13.3. The molecule has 214 valence electrons. The molecule has 4 aromatic rings. The fraction of sp³-hybridized carbons (Fsp3) is 0.267. The van der Waals surface area contributed by atoms with Crippen LogP contribution < -0.4 is 10.0 Å². The van der Waals surface area contributed by atoms with Gasteiger partial charge < -0.3 is 9.88 Å². The molecule has 1 aromatic heterocycles. The standard InChI is InChI=1S/C30H28F3N3O4S/c1-29(18-26(37)35-41(39,40)24-7-3-2-4-8-24)16-23(17-29)34-28(38)25-9-5-6-21-14-15-36(27(21)25)19-20-10-12-22(13-11-20)30(31,32)33/h2-15,23H,16-19H2,1H3,(H,34,38)(H,35,37). The van der Waals surface area contributed by atoms with Crippen molar-refractivity contribution in [2.45, 2.75) is 49.8 Å². The van der Waals surface area contributed by atoms with Gasteiger partial charge in [-0.3, -0.25) is 9.59 Å². The van der Waals surface area contributed by atoms with Gasteiger partial charge in [-0.2, -0.15) is 13.2 Å². The van der Waals surface area contributed by atoms with Gasteiger partial charge in [0, 0.05) is 30.6 Å². The molecule has 1 heterocycles. The van der Waals surface area contributed by atoms with Crippen LogP contribution in [0.5, 0.6) is 0 Å². The number of sulfonamides is 1. The minimum absolute atomic E-state index is 0.00298. The second kappa shape index (κ2) is 10.7. The summed E-state index contributed by atoms with van der Waals surface area (Å²) in [6, 6.07) is 19.6. The van der Waals surface area contributed by atoms with Crippen LogP contribution in [0.1, 0.15) is 47.7 Å². The van der Waals surface area contributed by atoms with Crippen molar-refractivity contribution < 1.29 is 31.2 Å². The normalized spacial score (nSPS) is 19.0. The van der Waals surface area contributed by atoms with Gasteiger partial charge >= 0.3 is 6.18 Å². The molecule has 0 bridgehead atoms. The molecule has 0 aliphatic heterocycles. The Balaban J connectivity index is 1.22. The van der Waals surface area contributed by atoms with E-state index in [1.807, 2.05) is 23.6 Å². The molecule has 0 saturated heterocycles. The summed E-state index contributed by atoms with van der Waals surface area (Å²) in [6.45, 7) is 2.16. The first kappa shape index (κ1) is 28.4. The van der Waals surface area contributed by atoms with Crippen LogP contribution in [0.4, 0.5) is 13.2 Å². The lowest BCUT2D eigenvalue weighted by molar-refractivity contribution is -0.137. The molecule has 0 atom stereocenters. The molecule has 5 rings (SSSR count). The highest BCUT2D eigenvalue weighted by Crippen LogP contribution is 2.44. The third-order valence-electron chi connectivity index (χ3n) is 7.37. The summed E-state index contributed by atoms with van der Waals surface area (Å²) in [5.74, 6) is -0.905. The van der Waals surface area contributed by atoms with Crippen LogP contribution in [-0.4, -0.2) is 30.8 Å². The number of rotatable bonds is 8. The first-order chi connectivity index (χ1) is 19.3. The Labute approximate surface area is 235 Å². The van der Waals surface area contributed by atoms with Gasteiger partial charge in [-0.1, -0.05) is 49.4 Å². The maximum atomic E-state index is 13.3. The molecule has 1 fully saturated rings. The van der Waals surface area contributed by atoms with Crippen LogP contribution >= 0.6 is 0 Å². The SMILES string of the molecule is CC1(CC(=O)NS(=O)(=O)c2ccccc2)CC(NC(=O)c2cccc3ccn(Cc4ccc(C(F)(F)F)cc4)c23)C1. The Morgan fingerprint density at radius 1 is 0.951 bits per heavy atom. The predicted octanol–water partition coefficient (Wildman–Crippen LogP) is 5.50.